The van der Waals surface area contributed by atoms with Gasteiger partial charge in [0.25, 0.3) is 0 Å². The molecule has 2 aromatic carbocycles. The first kappa shape index (κ1) is 19.8. The molecular weight excluding hydrogens is 387 g/mol. The van der Waals surface area contributed by atoms with Crippen molar-refractivity contribution in [1.82, 2.24) is 0 Å². The largest absolute Gasteiger partial charge is 0.442 e. The van der Waals surface area contributed by atoms with Gasteiger partial charge < -0.3 is 10.5 Å². The molecular formula is C18H19FN4O4S. The van der Waals surface area contributed by atoms with E-state index in [9.17, 15) is 17.6 Å². The molecule has 0 saturated carbocycles. The number of ether oxygens (including phenoxy) is 1. The van der Waals surface area contributed by atoms with E-state index in [1.807, 2.05) is 0 Å². The van der Waals surface area contributed by atoms with Crippen molar-refractivity contribution in [3.63, 3.8) is 0 Å². The minimum atomic E-state index is -3.90. The van der Waals surface area contributed by atoms with Gasteiger partial charge in [-0.1, -0.05) is 12.1 Å². The second kappa shape index (κ2) is 7.56. The van der Waals surface area contributed by atoms with Gasteiger partial charge in [0, 0.05) is 5.56 Å². The SMILES string of the molecule is CC(N)=NCC1CN(c2ccc(-c3cccc(S(N)(=O)=O)c3)c(F)c2)C(=O)O1. The summed E-state index contributed by atoms with van der Waals surface area (Å²) in [5, 5.41) is 5.12. The number of amidine groups is 1. The highest BCUT2D eigenvalue weighted by atomic mass is 32.2. The Kier molecular flexibility index (Phi) is 5.34. The van der Waals surface area contributed by atoms with Crippen molar-refractivity contribution in [2.75, 3.05) is 18.0 Å². The molecule has 8 nitrogen and oxygen atoms in total. The number of carbonyl (C=O) groups excluding carboxylic acids is 1. The lowest BCUT2D eigenvalue weighted by Gasteiger charge is -2.14. The van der Waals surface area contributed by atoms with Gasteiger partial charge >= 0.3 is 6.09 Å². The Hall–Kier alpha value is -2.98. The zero-order chi connectivity index (χ0) is 20.5. The molecule has 1 atom stereocenters. The Bertz CT molecular complexity index is 1050. The van der Waals surface area contributed by atoms with Crippen molar-refractivity contribution in [3.05, 3.63) is 48.3 Å². The summed E-state index contributed by atoms with van der Waals surface area (Å²) in [4.78, 5) is 17.3. The van der Waals surface area contributed by atoms with Gasteiger partial charge in [0.05, 0.1) is 29.5 Å². The average Bonchev–Trinajstić information content (AvgIpc) is 3.00. The molecule has 1 unspecified atom stereocenters. The molecule has 4 N–H and O–H groups in total. The molecule has 1 aliphatic rings. The normalized spacial score (nSPS) is 17.7. The maximum Gasteiger partial charge on any atom is 0.414 e. The van der Waals surface area contributed by atoms with E-state index in [0.29, 0.717) is 17.1 Å². The molecule has 148 valence electrons. The number of rotatable bonds is 5. The van der Waals surface area contributed by atoms with Crippen LogP contribution in [-0.4, -0.2) is 39.5 Å². The maximum absolute atomic E-state index is 14.7. The predicted molar refractivity (Wildman–Crippen MR) is 103 cm³/mol. The van der Waals surface area contributed by atoms with Crippen molar-refractivity contribution >= 4 is 27.6 Å². The molecule has 10 heteroatoms. The van der Waals surface area contributed by atoms with Gasteiger partial charge in [-0.25, -0.2) is 22.7 Å². The van der Waals surface area contributed by atoms with E-state index in [1.165, 1.54) is 35.2 Å². The van der Waals surface area contributed by atoms with Gasteiger partial charge in [0.15, 0.2) is 0 Å². The van der Waals surface area contributed by atoms with Crippen LogP contribution in [-0.2, 0) is 14.8 Å². The molecule has 3 rings (SSSR count). The number of anilines is 1. The van der Waals surface area contributed by atoms with Gasteiger partial charge in [0.1, 0.15) is 11.9 Å². The lowest BCUT2D eigenvalue weighted by atomic mass is 10.0. The van der Waals surface area contributed by atoms with Crippen molar-refractivity contribution < 1.29 is 22.3 Å². The highest BCUT2D eigenvalue weighted by molar-refractivity contribution is 7.89. The summed E-state index contributed by atoms with van der Waals surface area (Å²) in [5.41, 5.74) is 6.34. The molecule has 28 heavy (non-hydrogen) atoms. The summed E-state index contributed by atoms with van der Waals surface area (Å²) in [6.45, 7) is 2.08. The van der Waals surface area contributed by atoms with Crippen LogP contribution in [0.2, 0.25) is 0 Å². The van der Waals surface area contributed by atoms with E-state index in [1.54, 1.807) is 19.1 Å². The summed E-state index contributed by atoms with van der Waals surface area (Å²) in [6.07, 6.45) is -1.07. The van der Waals surface area contributed by atoms with Crippen LogP contribution < -0.4 is 15.8 Å². The first-order valence-electron chi connectivity index (χ1n) is 8.32. The highest BCUT2D eigenvalue weighted by Gasteiger charge is 2.32. The number of cyclic esters (lactones) is 1. The van der Waals surface area contributed by atoms with Gasteiger partial charge in [-0.3, -0.25) is 9.89 Å². The third kappa shape index (κ3) is 4.29. The Morgan fingerprint density at radius 2 is 2.07 bits per heavy atom. The topological polar surface area (TPSA) is 128 Å². The zero-order valence-electron chi connectivity index (χ0n) is 15.0. The highest BCUT2D eigenvalue weighted by Crippen LogP contribution is 2.30. The lowest BCUT2D eigenvalue weighted by molar-refractivity contribution is 0.145. The fourth-order valence-electron chi connectivity index (χ4n) is 2.82. The summed E-state index contributed by atoms with van der Waals surface area (Å²) in [6, 6.07) is 9.89. The van der Waals surface area contributed by atoms with Crippen LogP contribution in [0.15, 0.2) is 52.4 Å². The number of nitrogens with two attached hydrogens (primary N) is 2. The minimum absolute atomic E-state index is 0.116. The van der Waals surface area contributed by atoms with Gasteiger partial charge in [-0.2, -0.15) is 0 Å². The molecule has 0 aliphatic carbocycles. The molecule has 0 bridgehead atoms. The fourth-order valence-corrected chi connectivity index (χ4v) is 3.38. The number of sulfonamides is 1. The van der Waals surface area contributed by atoms with E-state index in [2.05, 4.69) is 4.99 Å². The van der Waals surface area contributed by atoms with Crippen LogP contribution in [0.25, 0.3) is 11.1 Å². The fraction of sp³-hybridized carbons (Fsp3) is 0.222. The van der Waals surface area contributed by atoms with Crippen molar-refractivity contribution in [2.45, 2.75) is 17.9 Å². The predicted octanol–water partition coefficient (Wildman–Crippen LogP) is 1.84. The third-order valence-corrected chi connectivity index (χ3v) is 5.07. The number of benzene rings is 2. The van der Waals surface area contributed by atoms with Crippen LogP contribution in [0.4, 0.5) is 14.9 Å². The van der Waals surface area contributed by atoms with Crippen molar-refractivity contribution in [1.29, 1.82) is 0 Å². The zero-order valence-corrected chi connectivity index (χ0v) is 15.8. The quantitative estimate of drug-likeness (QED) is 0.578. The molecule has 1 saturated heterocycles. The molecule has 1 aliphatic heterocycles. The van der Waals surface area contributed by atoms with Crippen LogP contribution in [0, 0.1) is 5.82 Å². The monoisotopic (exact) mass is 406 g/mol. The number of halogens is 1. The number of nitrogens with zero attached hydrogens (tertiary/aromatic N) is 2. The molecule has 0 spiro atoms. The number of aliphatic imine (C=N–C) groups is 1. The number of primary sulfonamides is 1. The standard InChI is InChI=1S/C18H19FN4O4S/c1-11(20)22-9-14-10-23(18(24)27-14)13-5-6-16(17(19)8-13)12-3-2-4-15(7-12)28(21,25)26/h2-8,14H,9-10H2,1H3,(H2,20,22)(H2,21,25,26). The van der Waals surface area contributed by atoms with Crippen LogP contribution in [0.1, 0.15) is 6.92 Å². The molecule has 1 heterocycles. The maximum atomic E-state index is 14.7. The van der Waals surface area contributed by atoms with Gasteiger partial charge in [-0.05, 0) is 42.8 Å². The number of hydrogen-bond donors (Lipinski definition) is 2. The molecule has 0 radical (unpaired) electrons. The van der Waals surface area contributed by atoms with E-state index >= 15 is 0 Å². The van der Waals surface area contributed by atoms with E-state index < -0.39 is 28.0 Å². The minimum Gasteiger partial charge on any atom is -0.442 e. The molecule has 2 aromatic rings. The molecule has 0 aromatic heterocycles. The van der Waals surface area contributed by atoms with Crippen LogP contribution >= 0.6 is 0 Å². The lowest BCUT2D eigenvalue weighted by Crippen LogP contribution is -2.25. The van der Waals surface area contributed by atoms with Crippen LogP contribution in [0.5, 0.6) is 0 Å². The van der Waals surface area contributed by atoms with Gasteiger partial charge in [0.2, 0.25) is 10.0 Å². The smallest absolute Gasteiger partial charge is 0.414 e. The average molecular weight is 406 g/mol. The second-order valence-electron chi connectivity index (χ2n) is 6.34. The number of carbonyl (C=O) groups is 1. The Morgan fingerprint density at radius 1 is 1.32 bits per heavy atom. The van der Waals surface area contributed by atoms with E-state index in [4.69, 9.17) is 15.6 Å². The third-order valence-electron chi connectivity index (χ3n) is 4.16. The van der Waals surface area contributed by atoms with Gasteiger partial charge in [-0.15, -0.1) is 0 Å². The second-order valence-corrected chi connectivity index (χ2v) is 7.90. The van der Waals surface area contributed by atoms with E-state index in [0.717, 1.165) is 0 Å². The summed E-state index contributed by atoms with van der Waals surface area (Å²) >= 11 is 0. The number of hydrogen-bond acceptors (Lipinski definition) is 5. The van der Waals surface area contributed by atoms with Crippen molar-refractivity contribution in [3.8, 4) is 11.1 Å². The van der Waals surface area contributed by atoms with Crippen LogP contribution in [0.3, 0.4) is 0 Å². The molecule has 1 fully saturated rings. The van der Waals surface area contributed by atoms with Crippen molar-refractivity contribution in [2.24, 2.45) is 15.9 Å². The molecule has 1 amide bonds. The summed E-state index contributed by atoms with van der Waals surface area (Å²) in [7, 11) is -3.90. The van der Waals surface area contributed by atoms with E-state index in [-0.39, 0.29) is 23.5 Å². The first-order valence-corrected chi connectivity index (χ1v) is 9.87. The summed E-state index contributed by atoms with van der Waals surface area (Å²) in [5.74, 6) is -0.234. The summed E-state index contributed by atoms with van der Waals surface area (Å²) < 4.78 is 42.9. The number of amides is 1. The Labute approximate surface area is 161 Å². The Morgan fingerprint density at radius 3 is 2.71 bits per heavy atom. The first-order chi connectivity index (χ1) is 13.1. The Balaban J connectivity index is 1.85.